The summed E-state index contributed by atoms with van der Waals surface area (Å²) in [5.41, 5.74) is 8.94. The third-order valence-electron chi connectivity index (χ3n) is 3.05. The van der Waals surface area contributed by atoms with E-state index in [1.54, 1.807) is 17.4 Å². The van der Waals surface area contributed by atoms with Gasteiger partial charge >= 0.3 is 0 Å². The first-order chi connectivity index (χ1) is 8.33. The monoisotopic (exact) mass is 265 g/mol. The Morgan fingerprint density at radius 3 is 3.18 bits per heavy atom. The summed E-state index contributed by atoms with van der Waals surface area (Å²) < 4.78 is 5.08. The van der Waals surface area contributed by atoms with Crippen molar-refractivity contribution in [2.24, 2.45) is 5.73 Å². The van der Waals surface area contributed by atoms with Gasteiger partial charge in [0.15, 0.2) is 0 Å². The topological polar surface area (TPSA) is 39.2 Å². The van der Waals surface area contributed by atoms with Gasteiger partial charge in [0.25, 0.3) is 0 Å². The quantitative estimate of drug-likeness (QED) is 0.924. The first-order valence-electron chi connectivity index (χ1n) is 5.79. The van der Waals surface area contributed by atoms with E-state index in [2.05, 4.69) is 6.07 Å². The van der Waals surface area contributed by atoms with Gasteiger partial charge < -0.3 is 10.2 Å². The highest BCUT2D eigenvalue weighted by atomic mass is 32.2. The van der Waals surface area contributed by atoms with Gasteiger partial charge in [0.2, 0.25) is 0 Å². The van der Waals surface area contributed by atoms with E-state index in [0.717, 1.165) is 12.2 Å². The molecular weight excluding hydrogens is 250 g/mol. The van der Waals surface area contributed by atoms with Gasteiger partial charge in [-0.1, -0.05) is 0 Å². The molecule has 90 valence electrons. The number of fused-ring (bicyclic) bond motifs is 1. The molecule has 2 nitrogen and oxygen atoms in total. The molecule has 0 aliphatic carbocycles. The number of hydrogen-bond donors (Lipinski definition) is 1. The Bertz CT molecular complexity index is 466. The van der Waals surface area contributed by atoms with Gasteiger partial charge in [0.05, 0.1) is 12.5 Å². The van der Waals surface area contributed by atoms with Crippen LogP contribution >= 0.6 is 23.1 Å². The molecule has 2 aromatic heterocycles. The Hall–Kier alpha value is -0.710. The van der Waals surface area contributed by atoms with Crippen molar-refractivity contribution < 1.29 is 4.42 Å². The zero-order valence-electron chi connectivity index (χ0n) is 9.52. The zero-order chi connectivity index (χ0) is 11.7. The third-order valence-corrected chi connectivity index (χ3v) is 5.42. The summed E-state index contributed by atoms with van der Waals surface area (Å²) in [6.07, 6.45) is 5.56. The Balaban J connectivity index is 1.77. The van der Waals surface area contributed by atoms with Crippen molar-refractivity contribution >= 4 is 23.1 Å². The SMILES string of the molecule is NC(Cc1ccoc1)c1cc2c(s1)CCSC2. The third kappa shape index (κ3) is 2.44. The summed E-state index contributed by atoms with van der Waals surface area (Å²) in [4.78, 5) is 2.86. The molecule has 0 saturated carbocycles. The average Bonchev–Trinajstić information content (AvgIpc) is 2.96. The second kappa shape index (κ2) is 4.88. The van der Waals surface area contributed by atoms with Crippen molar-refractivity contribution in [2.45, 2.75) is 24.6 Å². The molecule has 2 N–H and O–H groups in total. The molecule has 17 heavy (non-hydrogen) atoms. The van der Waals surface area contributed by atoms with Crippen LogP contribution in [0.25, 0.3) is 0 Å². The molecule has 0 fully saturated rings. The fraction of sp³-hybridized carbons (Fsp3) is 0.385. The van der Waals surface area contributed by atoms with Gasteiger partial charge in [-0.2, -0.15) is 11.8 Å². The van der Waals surface area contributed by atoms with Crippen LogP contribution in [0.5, 0.6) is 0 Å². The number of hydrogen-bond acceptors (Lipinski definition) is 4. The van der Waals surface area contributed by atoms with E-state index < -0.39 is 0 Å². The second-order valence-corrected chi connectivity index (χ2v) is 6.62. The van der Waals surface area contributed by atoms with E-state index in [4.69, 9.17) is 10.2 Å². The molecule has 4 heteroatoms. The Morgan fingerprint density at radius 1 is 1.47 bits per heavy atom. The molecule has 0 amide bonds. The van der Waals surface area contributed by atoms with Crippen LogP contribution in [0.15, 0.2) is 29.1 Å². The summed E-state index contributed by atoms with van der Waals surface area (Å²) >= 11 is 3.92. The molecule has 0 saturated heterocycles. The Labute approximate surface area is 109 Å². The standard InChI is InChI=1S/C13H15NOS2/c14-11(5-9-1-3-15-7-9)13-6-10-8-16-4-2-12(10)17-13/h1,3,6-7,11H,2,4-5,8,14H2. The molecule has 1 aliphatic rings. The van der Waals surface area contributed by atoms with Crippen LogP contribution in [0.4, 0.5) is 0 Å². The lowest BCUT2D eigenvalue weighted by atomic mass is 10.1. The highest BCUT2D eigenvalue weighted by Gasteiger charge is 2.17. The van der Waals surface area contributed by atoms with Crippen LogP contribution in [0.3, 0.4) is 0 Å². The number of furan rings is 1. The molecule has 0 bridgehead atoms. The largest absolute Gasteiger partial charge is 0.472 e. The molecule has 3 heterocycles. The summed E-state index contributed by atoms with van der Waals surface area (Å²) in [5.74, 6) is 2.41. The summed E-state index contributed by atoms with van der Waals surface area (Å²) in [6, 6.07) is 4.40. The van der Waals surface area contributed by atoms with Gasteiger partial charge in [-0.3, -0.25) is 0 Å². The molecule has 1 aliphatic heterocycles. The fourth-order valence-electron chi connectivity index (χ4n) is 2.12. The molecule has 0 radical (unpaired) electrons. The van der Waals surface area contributed by atoms with Crippen LogP contribution in [0.2, 0.25) is 0 Å². The first kappa shape index (κ1) is 11.4. The van der Waals surface area contributed by atoms with Gasteiger partial charge in [-0.05, 0) is 41.9 Å². The molecule has 3 rings (SSSR count). The summed E-state index contributed by atoms with van der Waals surface area (Å²) in [5, 5.41) is 0. The minimum absolute atomic E-state index is 0.105. The van der Waals surface area contributed by atoms with Crippen molar-refractivity contribution in [3.63, 3.8) is 0 Å². The van der Waals surface area contributed by atoms with Crippen molar-refractivity contribution in [3.8, 4) is 0 Å². The summed E-state index contributed by atoms with van der Waals surface area (Å²) in [7, 11) is 0. The Kier molecular flexibility index (Phi) is 3.27. The number of thioether (sulfide) groups is 1. The average molecular weight is 265 g/mol. The van der Waals surface area contributed by atoms with E-state index >= 15 is 0 Å². The summed E-state index contributed by atoms with van der Waals surface area (Å²) in [6.45, 7) is 0. The van der Waals surface area contributed by atoms with Crippen LogP contribution in [0.1, 0.15) is 26.9 Å². The maximum Gasteiger partial charge on any atom is 0.0935 e. The first-order valence-corrected chi connectivity index (χ1v) is 7.76. The van der Waals surface area contributed by atoms with E-state index in [-0.39, 0.29) is 6.04 Å². The van der Waals surface area contributed by atoms with E-state index in [0.29, 0.717) is 0 Å². The zero-order valence-corrected chi connectivity index (χ0v) is 11.2. The van der Waals surface area contributed by atoms with E-state index in [1.165, 1.54) is 28.2 Å². The van der Waals surface area contributed by atoms with Crippen molar-refractivity contribution in [2.75, 3.05) is 5.75 Å². The lowest BCUT2D eigenvalue weighted by molar-refractivity contribution is 0.561. The number of aryl methyl sites for hydroxylation is 1. The lowest BCUT2D eigenvalue weighted by Gasteiger charge is -2.08. The van der Waals surface area contributed by atoms with Crippen LogP contribution in [0, 0.1) is 0 Å². The number of thiophene rings is 1. The van der Waals surface area contributed by atoms with Crippen LogP contribution < -0.4 is 5.73 Å². The van der Waals surface area contributed by atoms with Gasteiger partial charge in [-0.25, -0.2) is 0 Å². The normalized spacial score (nSPS) is 16.8. The predicted octanol–water partition coefficient (Wildman–Crippen LogP) is 3.37. The molecule has 1 unspecified atom stereocenters. The molecule has 2 aromatic rings. The molecular formula is C13H15NOS2. The highest BCUT2D eigenvalue weighted by Crippen LogP contribution is 2.34. The van der Waals surface area contributed by atoms with E-state index in [1.807, 2.05) is 29.2 Å². The maximum absolute atomic E-state index is 6.26. The van der Waals surface area contributed by atoms with Crippen LogP contribution in [-0.4, -0.2) is 5.75 Å². The highest BCUT2D eigenvalue weighted by molar-refractivity contribution is 7.98. The molecule has 0 spiro atoms. The molecule has 1 atom stereocenters. The van der Waals surface area contributed by atoms with E-state index in [9.17, 15) is 0 Å². The number of nitrogens with two attached hydrogens (primary N) is 1. The van der Waals surface area contributed by atoms with Gasteiger partial charge in [-0.15, -0.1) is 11.3 Å². The lowest BCUT2D eigenvalue weighted by Crippen LogP contribution is -2.11. The maximum atomic E-state index is 6.26. The van der Waals surface area contributed by atoms with Gasteiger partial charge in [0, 0.05) is 21.5 Å². The smallest absolute Gasteiger partial charge is 0.0935 e. The van der Waals surface area contributed by atoms with Crippen molar-refractivity contribution in [1.29, 1.82) is 0 Å². The second-order valence-electron chi connectivity index (χ2n) is 4.34. The van der Waals surface area contributed by atoms with Gasteiger partial charge in [0.1, 0.15) is 0 Å². The number of rotatable bonds is 3. The minimum atomic E-state index is 0.105. The van der Waals surface area contributed by atoms with Crippen molar-refractivity contribution in [3.05, 3.63) is 45.5 Å². The molecule has 0 aromatic carbocycles. The minimum Gasteiger partial charge on any atom is -0.472 e. The van der Waals surface area contributed by atoms with Crippen molar-refractivity contribution in [1.82, 2.24) is 0 Å². The predicted molar refractivity (Wildman–Crippen MR) is 73.5 cm³/mol. The fourth-order valence-corrected chi connectivity index (χ4v) is 4.49. The Morgan fingerprint density at radius 2 is 2.41 bits per heavy atom. The van der Waals surface area contributed by atoms with Crippen LogP contribution in [-0.2, 0) is 18.6 Å².